The monoisotopic (exact) mass is 223 g/mol. The molecule has 1 aromatic carbocycles. The van der Waals surface area contributed by atoms with E-state index in [1.54, 1.807) is 18.2 Å². The van der Waals surface area contributed by atoms with E-state index >= 15 is 0 Å². The van der Waals surface area contributed by atoms with Gasteiger partial charge in [-0.2, -0.15) is 0 Å². The average molecular weight is 223 g/mol. The first kappa shape index (κ1) is 12.2. The molecule has 0 radical (unpaired) electrons. The molecule has 16 heavy (non-hydrogen) atoms. The maximum absolute atomic E-state index is 9.17. The van der Waals surface area contributed by atoms with Gasteiger partial charge in [0.25, 0.3) is 0 Å². The van der Waals surface area contributed by atoms with Gasteiger partial charge < -0.3 is 14.6 Å². The van der Waals surface area contributed by atoms with Gasteiger partial charge in [-0.3, -0.25) is 0 Å². The van der Waals surface area contributed by atoms with E-state index in [2.05, 4.69) is 10.0 Å². The van der Waals surface area contributed by atoms with Crippen LogP contribution in [0.2, 0.25) is 0 Å². The number of nitrogens with zero attached hydrogens (tertiary/aromatic N) is 3. The summed E-state index contributed by atoms with van der Waals surface area (Å²) in [5, 5.41) is 12.7. The summed E-state index contributed by atoms with van der Waals surface area (Å²) in [6.45, 7) is -0.305. The zero-order valence-electron chi connectivity index (χ0n) is 9.12. The number of methoxy groups -OCH3 is 2. The third-order valence-electron chi connectivity index (χ3n) is 2.16. The second-order valence-electron chi connectivity index (χ2n) is 2.98. The van der Waals surface area contributed by atoms with Crippen LogP contribution >= 0.6 is 0 Å². The number of ether oxygens (including phenoxy) is 2. The molecule has 0 spiro atoms. The largest absolute Gasteiger partial charge is 0.496 e. The highest BCUT2D eigenvalue weighted by atomic mass is 16.5. The number of benzene rings is 1. The molecule has 0 saturated heterocycles. The highest BCUT2D eigenvalue weighted by molar-refractivity contribution is 5.47. The molecule has 86 valence electrons. The SMILES string of the molecule is COc1cccc(OC)c1C(CO)N=[N+]=[N-]. The lowest BCUT2D eigenvalue weighted by Crippen LogP contribution is -2.05. The molecule has 0 aliphatic carbocycles. The lowest BCUT2D eigenvalue weighted by molar-refractivity contribution is 0.260. The number of azide groups is 1. The van der Waals surface area contributed by atoms with Gasteiger partial charge in [-0.25, -0.2) is 0 Å². The normalized spacial score (nSPS) is 11.4. The first-order valence-electron chi connectivity index (χ1n) is 4.64. The molecule has 1 rings (SSSR count). The highest BCUT2D eigenvalue weighted by Gasteiger charge is 2.18. The molecule has 0 aliphatic heterocycles. The van der Waals surface area contributed by atoms with Gasteiger partial charge in [0.05, 0.1) is 26.9 Å². The standard InChI is InChI=1S/C10H13N3O3/c1-15-8-4-3-5-9(16-2)10(8)7(6-14)12-13-11/h3-5,7,14H,6H2,1-2H3. The van der Waals surface area contributed by atoms with E-state index in [1.807, 2.05) is 0 Å². The Morgan fingerprint density at radius 2 is 1.94 bits per heavy atom. The van der Waals surface area contributed by atoms with Crippen molar-refractivity contribution in [3.05, 3.63) is 34.2 Å². The van der Waals surface area contributed by atoms with E-state index in [0.717, 1.165) is 0 Å². The summed E-state index contributed by atoms with van der Waals surface area (Å²) in [5.41, 5.74) is 8.97. The fourth-order valence-electron chi connectivity index (χ4n) is 1.46. The maximum atomic E-state index is 9.17. The van der Waals surface area contributed by atoms with Gasteiger partial charge in [0.2, 0.25) is 0 Å². The van der Waals surface area contributed by atoms with Crippen LogP contribution in [0.1, 0.15) is 11.6 Å². The van der Waals surface area contributed by atoms with E-state index in [9.17, 15) is 5.11 Å². The molecule has 6 heteroatoms. The van der Waals surface area contributed by atoms with Crippen LogP contribution < -0.4 is 9.47 Å². The number of rotatable bonds is 5. The number of aliphatic hydroxyl groups excluding tert-OH is 1. The van der Waals surface area contributed by atoms with E-state index < -0.39 is 6.04 Å². The minimum atomic E-state index is -0.712. The number of aliphatic hydroxyl groups is 1. The first-order valence-corrected chi connectivity index (χ1v) is 4.64. The predicted octanol–water partition coefficient (Wildman–Crippen LogP) is 2.05. The minimum Gasteiger partial charge on any atom is -0.496 e. The molecule has 1 aromatic rings. The van der Waals surface area contributed by atoms with Gasteiger partial charge in [0, 0.05) is 10.5 Å². The number of hydrogen-bond donors (Lipinski definition) is 1. The smallest absolute Gasteiger partial charge is 0.126 e. The lowest BCUT2D eigenvalue weighted by Gasteiger charge is -2.16. The molecule has 1 atom stereocenters. The molecule has 0 heterocycles. The molecule has 0 amide bonds. The Balaban J connectivity index is 3.30. The van der Waals surface area contributed by atoms with Crippen LogP contribution in [0.4, 0.5) is 0 Å². The van der Waals surface area contributed by atoms with Gasteiger partial charge in [-0.1, -0.05) is 11.2 Å². The van der Waals surface area contributed by atoms with Gasteiger partial charge in [0.1, 0.15) is 11.5 Å². The van der Waals surface area contributed by atoms with Crippen molar-refractivity contribution < 1.29 is 14.6 Å². The lowest BCUT2D eigenvalue weighted by atomic mass is 10.1. The third-order valence-corrected chi connectivity index (χ3v) is 2.16. The van der Waals surface area contributed by atoms with Crippen molar-refractivity contribution >= 4 is 0 Å². The summed E-state index contributed by atoms with van der Waals surface area (Å²) in [6.07, 6.45) is 0. The van der Waals surface area contributed by atoms with E-state index in [0.29, 0.717) is 17.1 Å². The van der Waals surface area contributed by atoms with Gasteiger partial charge >= 0.3 is 0 Å². The molecule has 0 fully saturated rings. The predicted molar refractivity (Wildman–Crippen MR) is 58.5 cm³/mol. The van der Waals surface area contributed by atoms with Crippen LogP contribution in [0, 0.1) is 0 Å². The van der Waals surface area contributed by atoms with E-state index in [-0.39, 0.29) is 6.61 Å². The Bertz CT molecular complexity index is 380. The topological polar surface area (TPSA) is 87.5 Å². The van der Waals surface area contributed by atoms with Crippen molar-refractivity contribution in [2.45, 2.75) is 6.04 Å². The highest BCUT2D eigenvalue weighted by Crippen LogP contribution is 2.35. The van der Waals surface area contributed by atoms with E-state index in [1.165, 1.54) is 14.2 Å². The molecule has 0 aliphatic rings. The van der Waals surface area contributed by atoms with Crippen LogP contribution in [-0.4, -0.2) is 25.9 Å². The summed E-state index contributed by atoms with van der Waals surface area (Å²) >= 11 is 0. The van der Waals surface area contributed by atoms with Gasteiger partial charge in [-0.05, 0) is 17.7 Å². The Morgan fingerprint density at radius 3 is 2.31 bits per heavy atom. The first-order chi connectivity index (χ1) is 7.78. The second-order valence-corrected chi connectivity index (χ2v) is 2.98. The Morgan fingerprint density at radius 1 is 1.38 bits per heavy atom. The Hall–Kier alpha value is -1.91. The quantitative estimate of drug-likeness (QED) is 0.470. The molecule has 1 N–H and O–H groups in total. The van der Waals surface area contributed by atoms with Gasteiger partial charge in [0.15, 0.2) is 0 Å². The van der Waals surface area contributed by atoms with Crippen LogP contribution in [-0.2, 0) is 0 Å². The van der Waals surface area contributed by atoms with Crippen LogP contribution in [0.15, 0.2) is 23.3 Å². The van der Waals surface area contributed by atoms with Crippen LogP contribution in [0.3, 0.4) is 0 Å². The molecule has 1 unspecified atom stereocenters. The van der Waals surface area contributed by atoms with Crippen LogP contribution in [0.5, 0.6) is 11.5 Å². The third kappa shape index (κ3) is 2.36. The molecule has 6 nitrogen and oxygen atoms in total. The Kier molecular flexibility index (Phi) is 4.44. The summed E-state index contributed by atoms with van der Waals surface area (Å²) in [5.74, 6) is 1.04. The average Bonchev–Trinajstić information content (AvgIpc) is 2.35. The fourth-order valence-corrected chi connectivity index (χ4v) is 1.46. The maximum Gasteiger partial charge on any atom is 0.126 e. The van der Waals surface area contributed by atoms with Crippen molar-refractivity contribution in [1.82, 2.24) is 0 Å². The molecule has 0 saturated carbocycles. The molecule has 0 bridgehead atoms. The molecular weight excluding hydrogens is 210 g/mol. The van der Waals surface area contributed by atoms with Crippen LogP contribution in [0.25, 0.3) is 10.4 Å². The van der Waals surface area contributed by atoms with Gasteiger partial charge in [-0.15, -0.1) is 0 Å². The summed E-state index contributed by atoms with van der Waals surface area (Å²) in [7, 11) is 3.01. The summed E-state index contributed by atoms with van der Waals surface area (Å²) in [4.78, 5) is 2.69. The van der Waals surface area contributed by atoms with Crippen molar-refractivity contribution in [3.63, 3.8) is 0 Å². The van der Waals surface area contributed by atoms with Crippen molar-refractivity contribution in [2.24, 2.45) is 5.11 Å². The minimum absolute atomic E-state index is 0.305. The molecule has 0 aromatic heterocycles. The van der Waals surface area contributed by atoms with Crippen molar-refractivity contribution in [1.29, 1.82) is 0 Å². The zero-order chi connectivity index (χ0) is 12.0. The molecular formula is C10H13N3O3. The number of hydrogen-bond acceptors (Lipinski definition) is 4. The summed E-state index contributed by atoms with van der Waals surface area (Å²) in [6, 6.07) is 4.48. The fraction of sp³-hybridized carbons (Fsp3) is 0.400. The Labute approximate surface area is 93.0 Å². The van der Waals surface area contributed by atoms with E-state index in [4.69, 9.17) is 15.0 Å². The van der Waals surface area contributed by atoms with Crippen molar-refractivity contribution in [2.75, 3.05) is 20.8 Å². The second kappa shape index (κ2) is 5.85. The zero-order valence-corrected chi connectivity index (χ0v) is 9.12. The van der Waals surface area contributed by atoms with Crippen molar-refractivity contribution in [3.8, 4) is 11.5 Å². The summed E-state index contributed by atoms with van der Waals surface area (Å²) < 4.78 is 10.3.